The van der Waals surface area contributed by atoms with E-state index in [9.17, 15) is 10.4 Å². The van der Waals surface area contributed by atoms with Crippen LogP contribution in [0.15, 0.2) is 37.1 Å². The van der Waals surface area contributed by atoms with Gasteiger partial charge in [-0.2, -0.15) is 20.6 Å². The van der Waals surface area contributed by atoms with Crippen LogP contribution in [0.25, 0.3) is 28.0 Å². The highest BCUT2D eigenvalue weighted by atomic mass is 16.3. The van der Waals surface area contributed by atoms with Gasteiger partial charge in [-0.3, -0.25) is 9.36 Å². The van der Waals surface area contributed by atoms with Crippen molar-refractivity contribution in [2.24, 2.45) is 13.0 Å². The number of hydrogen-bond acceptors (Lipinski definition) is 6. The lowest BCUT2D eigenvalue weighted by molar-refractivity contribution is 0.0682. The van der Waals surface area contributed by atoms with E-state index in [4.69, 9.17) is 4.98 Å². The van der Waals surface area contributed by atoms with E-state index in [1.165, 1.54) is 0 Å². The quantitative estimate of drug-likeness (QED) is 0.549. The molecule has 5 rings (SSSR count). The SMILES string of the molecule is CC1CC(CC#N)(n2cc(-c3nc(-c4cn(C)nc4CO)cn4nccc34)cn2)C1. The minimum Gasteiger partial charge on any atom is -0.390 e. The van der Waals surface area contributed by atoms with Crippen molar-refractivity contribution in [1.29, 1.82) is 5.26 Å². The molecule has 4 aromatic rings. The molecule has 1 aliphatic rings. The predicted molar refractivity (Wildman–Crippen MR) is 109 cm³/mol. The Morgan fingerprint density at radius 1 is 1.27 bits per heavy atom. The monoisotopic (exact) mass is 402 g/mol. The lowest BCUT2D eigenvalue weighted by atomic mass is 9.67. The van der Waals surface area contributed by atoms with Crippen LogP contribution in [0.2, 0.25) is 0 Å². The fourth-order valence-corrected chi connectivity index (χ4v) is 4.64. The molecule has 0 aliphatic heterocycles. The van der Waals surface area contributed by atoms with E-state index in [0.717, 1.165) is 35.2 Å². The van der Waals surface area contributed by atoms with Crippen molar-refractivity contribution in [3.63, 3.8) is 0 Å². The van der Waals surface area contributed by atoms with E-state index in [-0.39, 0.29) is 12.1 Å². The maximum Gasteiger partial charge on any atom is 0.0999 e. The topological polar surface area (TPSA) is 110 Å². The maximum absolute atomic E-state index is 9.69. The highest BCUT2D eigenvalue weighted by Gasteiger charge is 2.44. The molecule has 152 valence electrons. The molecule has 1 N–H and O–H groups in total. The van der Waals surface area contributed by atoms with Gasteiger partial charge < -0.3 is 5.11 Å². The highest BCUT2D eigenvalue weighted by Crippen LogP contribution is 2.46. The Hall–Kier alpha value is -3.51. The van der Waals surface area contributed by atoms with E-state index in [1.54, 1.807) is 21.6 Å². The summed E-state index contributed by atoms with van der Waals surface area (Å²) in [5.41, 5.74) is 4.26. The van der Waals surface area contributed by atoms with Crippen LogP contribution in [-0.4, -0.2) is 39.3 Å². The first-order valence-electron chi connectivity index (χ1n) is 9.93. The third-order valence-electron chi connectivity index (χ3n) is 5.93. The number of hydrogen-bond donors (Lipinski definition) is 1. The van der Waals surface area contributed by atoms with Gasteiger partial charge in [-0.15, -0.1) is 0 Å². The Kier molecular flexibility index (Phi) is 4.18. The predicted octanol–water partition coefficient (Wildman–Crippen LogP) is 2.52. The summed E-state index contributed by atoms with van der Waals surface area (Å²) >= 11 is 0. The zero-order valence-electron chi connectivity index (χ0n) is 16.9. The maximum atomic E-state index is 9.69. The molecule has 0 radical (unpaired) electrons. The fraction of sp³-hybridized carbons (Fsp3) is 0.381. The van der Waals surface area contributed by atoms with Gasteiger partial charge in [-0.1, -0.05) is 6.92 Å². The summed E-state index contributed by atoms with van der Waals surface area (Å²) < 4.78 is 5.38. The van der Waals surface area contributed by atoms with Crippen molar-refractivity contribution < 1.29 is 5.11 Å². The van der Waals surface area contributed by atoms with Crippen LogP contribution >= 0.6 is 0 Å². The number of fused-ring (bicyclic) bond motifs is 1. The molecule has 4 aromatic heterocycles. The zero-order valence-corrected chi connectivity index (χ0v) is 16.9. The first-order valence-corrected chi connectivity index (χ1v) is 9.93. The number of aliphatic hydroxyl groups is 1. The van der Waals surface area contributed by atoms with Crippen molar-refractivity contribution in [3.05, 3.63) is 42.7 Å². The van der Waals surface area contributed by atoms with Gasteiger partial charge in [-0.05, 0) is 24.8 Å². The van der Waals surface area contributed by atoms with Crippen molar-refractivity contribution in [2.75, 3.05) is 0 Å². The number of aliphatic hydroxyl groups excluding tert-OH is 1. The molecular weight excluding hydrogens is 380 g/mol. The largest absolute Gasteiger partial charge is 0.390 e. The second kappa shape index (κ2) is 6.78. The molecule has 0 unspecified atom stereocenters. The van der Waals surface area contributed by atoms with Gasteiger partial charge in [-0.25, -0.2) is 9.50 Å². The van der Waals surface area contributed by atoms with Crippen molar-refractivity contribution >= 4 is 5.52 Å². The van der Waals surface area contributed by atoms with Crippen LogP contribution in [0.3, 0.4) is 0 Å². The number of rotatable bonds is 5. The van der Waals surface area contributed by atoms with E-state index < -0.39 is 0 Å². The average molecular weight is 402 g/mol. The van der Waals surface area contributed by atoms with Gasteiger partial charge in [0.05, 0.1) is 65.8 Å². The number of aryl methyl sites for hydroxylation is 1. The van der Waals surface area contributed by atoms with Crippen LogP contribution in [0, 0.1) is 17.2 Å². The molecule has 0 bridgehead atoms. The Morgan fingerprint density at radius 2 is 2.10 bits per heavy atom. The van der Waals surface area contributed by atoms with E-state index in [2.05, 4.69) is 28.3 Å². The highest BCUT2D eigenvalue weighted by molar-refractivity contribution is 5.78. The minimum atomic E-state index is -0.228. The van der Waals surface area contributed by atoms with Gasteiger partial charge >= 0.3 is 0 Å². The Balaban J connectivity index is 1.62. The van der Waals surface area contributed by atoms with E-state index in [0.29, 0.717) is 23.7 Å². The summed E-state index contributed by atoms with van der Waals surface area (Å²) in [6.45, 7) is 2.03. The van der Waals surface area contributed by atoms with Gasteiger partial charge in [0.2, 0.25) is 0 Å². The average Bonchev–Trinajstić information content (AvgIpc) is 3.44. The summed E-state index contributed by atoms with van der Waals surface area (Å²) in [5, 5.41) is 32.3. The van der Waals surface area contributed by atoms with Crippen LogP contribution in [0.1, 0.15) is 31.9 Å². The van der Waals surface area contributed by atoms with E-state index >= 15 is 0 Å². The standard InChI is InChI=1S/C21H22N8O/c1-14-7-21(8-14,4-5-22)29-10-15(9-24-29)20-19-3-6-23-28(19)12-17(25-20)16-11-27(2)26-18(16)13-30/h3,6,9-12,14,30H,4,7-8,13H2,1-2H3. The van der Waals surface area contributed by atoms with E-state index in [1.807, 2.05) is 36.4 Å². The van der Waals surface area contributed by atoms with Gasteiger partial charge in [0, 0.05) is 30.6 Å². The van der Waals surface area contributed by atoms with Gasteiger partial charge in [0.25, 0.3) is 0 Å². The van der Waals surface area contributed by atoms with Crippen molar-refractivity contribution in [2.45, 2.75) is 38.3 Å². The molecule has 0 aromatic carbocycles. The second-order valence-electron chi connectivity index (χ2n) is 8.20. The third-order valence-corrected chi connectivity index (χ3v) is 5.93. The van der Waals surface area contributed by atoms with Crippen LogP contribution in [-0.2, 0) is 19.2 Å². The minimum absolute atomic E-state index is 0.170. The molecular formula is C21H22N8O. The van der Waals surface area contributed by atoms with Crippen LogP contribution < -0.4 is 0 Å². The van der Waals surface area contributed by atoms with Gasteiger partial charge in [0.15, 0.2) is 0 Å². The normalized spacial score (nSPS) is 20.9. The van der Waals surface area contributed by atoms with Gasteiger partial charge in [0.1, 0.15) is 0 Å². The molecule has 9 heteroatoms. The van der Waals surface area contributed by atoms with Crippen molar-refractivity contribution in [3.8, 4) is 28.6 Å². The first kappa shape index (κ1) is 18.5. The number of nitrogens with zero attached hydrogens (tertiary/aromatic N) is 8. The molecule has 1 fully saturated rings. The Labute approximate surface area is 173 Å². The first-order chi connectivity index (χ1) is 14.5. The molecule has 0 atom stereocenters. The summed E-state index contributed by atoms with van der Waals surface area (Å²) in [4.78, 5) is 4.89. The summed E-state index contributed by atoms with van der Waals surface area (Å²) in [6.07, 6.45) is 11.5. The Bertz CT molecular complexity index is 1270. The van der Waals surface area contributed by atoms with Crippen molar-refractivity contribution in [1.82, 2.24) is 34.2 Å². The molecule has 0 saturated heterocycles. The smallest absolute Gasteiger partial charge is 0.0999 e. The summed E-state index contributed by atoms with van der Waals surface area (Å²) in [6, 6.07) is 4.24. The lowest BCUT2D eigenvalue weighted by Crippen LogP contribution is -2.45. The van der Waals surface area contributed by atoms with Crippen LogP contribution in [0.4, 0.5) is 0 Å². The summed E-state index contributed by atoms with van der Waals surface area (Å²) in [5.74, 6) is 0.594. The fourth-order valence-electron chi connectivity index (χ4n) is 4.64. The third kappa shape index (κ3) is 2.80. The summed E-state index contributed by atoms with van der Waals surface area (Å²) in [7, 11) is 1.81. The number of aromatic nitrogens is 7. The molecule has 0 spiro atoms. The van der Waals surface area contributed by atoms with Crippen LogP contribution in [0.5, 0.6) is 0 Å². The second-order valence-corrected chi connectivity index (χ2v) is 8.20. The lowest BCUT2D eigenvalue weighted by Gasteiger charge is -2.45. The Morgan fingerprint density at radius 3 is 2.83 bits per heavy atom. The molecule has 1 saturated carbocycles. The molecule has 1 aliphatic carbocycles. The molecule has 0 amide bonds. The molecule has 30 heavy (non-hydrogen) atoms. The number of nitriles is 1. The zero-order chi connectivity index (χ0) is 20.9. The molecule has 4 heterocycles. The molecule has 9 nitrogen and oxygen atoms in total.